The predicted octanol–water partition coefficient (Wildman–Crippen LogP) is -0.0490. The Morgan fingerprint density at radius 1 is 1.41 bits per heavy atom. The van der Waals surface area contributed by atoms with E-state index in [0.717, 1.165) is 0 Å². The lowest BCUT2D eigenvalue weighted by Crippen LogP contribution is -2.58. The molecule has 2 heterocycles. The van der Waals surface area contributed by atoms with Gasteiger partial charge in [-0.3, -0.25) is 0 Å². The Labute approximate surface area is 101 Å². The molecule has 17 heavy (non-hydrogen) atoms. The van der Waals surface area contributed by atoms with Gasteiger partial charge in [-0.25, -0.2) is 4.98 Å². The van der Waals surface area contributed by atoms with Crippen LogP contribution in [0.5, 0.6) is 5.88 Å². The molecule has 1 aliphatic rings. The molecular weight excluding hydrogens is 242 g/mol. The van der Waals surface area contributed by atoms with Gasteiger partial charge in [0, 0.05) is 26.4 Å². The molecule has 0 unspecified atom stereocenters. The Morgan fingerprint density at radius 2 is 2.12 bits per heavy atom. The van der Waals surface area contributed by atoms with Crippen LogP contribution in [0, 0.1) is 0 Å². The number of hydrogen-bond acceptors (Lipinski definition) is 4. The van der Waals surface area contributed by atoms with Crippen LogP contribution in [0.1, 0.15) is 0 Å². The van der Waals surface area contributed by atoms with E-state index >= 15 is 0 Å². The fourth-order valence-electron chi connectivity index (χ4n) is 1.48. The van der Waals surface area contributed by atoms with Gasteiger partial charge < -0.3 is 4.74 Å². The van der Waals surface area contributed by atoms with E-state index < -0.39 is 10.2 Å². The van der Waals surface area contributed by atoms with Gasteiger partial charge in [0.1, 0.15) is 6.10 Å². The third-order valence-corrected chi connectivity index (χ3v) is 4.40. The number of aromatic nitrogens is 1. The number of rotatable bonds is 4. The van der Waals surface area contributed by atoms with Crippen molar-refractivity contribution in [1.82, 2.24) is 13.6 Å². The highest BCUT2D eigenvalue weighted by atomic mass is 32.2. The molecule has 0 radical (unpaired) electrons. The smallest absolute Gasteiger partial charge is 0.281 e. The zero-order chi connectivity index (χ0) is 12.5. The number of pyridine rings is 1. The van der Waals surface area contributed by atoms with Crippen LogP contribution in [0.15, 0.2) is 24.4 Å². The van der Waals surface area contributed by atoms with Crippen LogP contribution in [0.2, 0.25) is 0 Å². The Kier molecular flexibility index (Phi) is 3.32. The zero-order valence-corrected chi connectivity index (χ0v) is 10.6. The lowest BCUT2D eigenvalue weighted by molar-refractivity contribution is 0.0687. The minimum atomic E-state index is -3.30. The standard InChI is InChI=1S/C10H15N3O3S/c1-12(2)17(14,15)13-7-9(8-13)16-10-5-3-4-6-11-10/h3-6,9H,7-8H2,1-2H3. The molecule has 0 amide bonds. The van der Waals surface area contributed by atoms with E-state index in [-0.39, 0.29) is 6.10 Å². The summed E-state index contributed by atoms with van der Waals surface area (Å²) in [6.45, 7) is 0.744. The van der Waals surface area contributed by atoms with E-state index in [1.807, 2.05) is 6.07 Å². The van der Waals surface area contributed by atoms with E-state index in [1.54, 1.807) is 18.3 Å². The summed E-state index contributed by atoms with van der Waals surface area (Å²) in [4.78, 5) is 4.02. The Bertz CT molecular complexity index is 469. The van der Waals surface area contributed by atoms with Crippen LogP contribution in [0.3, 0.4) is 0 Å². The topological polar surface area (TPSA) is 62.7 Å². The molecule has 1 aromatic heterocycles. The predicted molar refractivity (Wildman–Crippen MR) is 62.8 cm³/mol. The molecule has 94 valence electrons. The van der Waals surface area contributed by atoms with Crippen LogP contribution in [0.25, 0.3) is 0 Å². The van der Waals surface area contributed by atoms with E-state index in [0.29, 0.717) is 19.0 Å². The van der Waals surface area contributed by atoms with Crippen molar-refractivity contribution in [2.75, 3.05) is 27.2 Å². The highest BCUT2D eigenvalue weighted by Crippen LogP contribution is 2.19. The molecule has 6 nitrogen and oxygen atoms in total. The van der Waals surface area contributed by atoms with Gasteiger partial charge in [0.05, 0.1) is 13.1 Å². The lowest BCUT2D eigenvalue weighted by Gasteiger charge is -2.38. The van der Waals surface area contributed by atoms with E-state index in [9.17, 15) is 8.42 Å². The lowest BCUT2D eigenvalue weighted by atomic mass is 10.2. The first-order chi connectivity index (χ1) is 8.00. The summed E-state index contributed by atoms with van der Waals surface area (Å²) in [7, 11) is -0.267. The first-order valence-electron chi connectivity index (χ1n) is 5.25. The highest BCUT2D eigenvalue weighted by Gasteiger charge is 2.38. The third kappa shape index (κ3) is 2.56. The van der Waals surface area contributed by atoms with Crippen LogP contribution < -0.4 is 4.74 Å². The average Bonchev–Trinajstić information content (AvgIpc) is 2.23. The summed E-state index contributed by atoms with van der Waals surface area (Å²) < 4.78 is 31.5. The zero-order valence-electron chi connectivity index (χ0n) is 9.78. The summed E-state index contributed by atoms with van der Waals surface area (Å²) in [5.74, 6) is 0.527. The first-order valence-corrected chi connectivity index (χ1v) is 6.65. The molecule has 0 spiro atoms. The van der Waals surface area contributed by atoms with Gasteiger partial charge in [-0.05, 0) is 6.07 Å². The molecule has 0 saturated carbocycles. The van der Waals surface area contributed by atoms with Crippen molar-refractivity contribution >= 4 is 10.2 Å². The average molecular weight is 257 g/mol. The minimum absolute atomic E-state index is 0.111. The normalized spacial score (nSPS) is 18.1. The van der Waals surface area contributed by atoms with Crippen molar-refractivity contribution < 1.29 is 13.2 Å². The fourth-order valence-corrected chi connectivity index (χ4v) is 2.65. The Hall–Kier alpha value is -1.18. The van der Waals surface area contributed by atoms with Crippen LogP contribution in [-0.2, 0) is 10.2 Å². The number of hydrogen-bond donors (Lipinski definition) is 0. The largest absolute Gasteiger partial charge is 0.472 e. The molecule has 1 saturated heterocycles. The molecule has 1 aliphatic heterocycles. The molecule has 0 aliphatic carbocycles. The quantitative estimate of drug-likeness (QED) is 0.759. The molecule has 2 rings (SSSR count). The van der Waals surface area contributed by atoms with E-state index in [1.165, 1.54) is 22.7 Å². The second-order valence-electron chi connectivity index (χ2n) is 4.01. The Morgan fingerprint density at radius 3 is 2.65 bits per heavy atom. The van der Waals surface area contributed by atoms with E-state index in [4.69, 9.17) is 4.74 Å². The highest BCUT2D eigenvalue weighted by molar-refractivity contribution is 7.86. The maximum absolute atomic E-state index is 11.7. The fraction of sp³-hybridized carbons (Fsp3) is 0.500. The van der Waals surface area contributed by atoms with Gasteiger partial charge in [0.15, 0.2) is 0 Å². The second kappa shape index (κ2) is 4.59. The minimum Gasteiger partial charge on any atom is -0.472 e. The molecule has 0 aromatic carbocycles. The molecule has 0 N–H and O–H groups in total. The third-order valence-electron chi connectivity index (χ3n) is 2.53. The van der Waals surface area contributed by atoms with Gasteiger partial charge in [-0.1, -0.05) is 6.07 Å². The molecule has 0 atom stereocenters. The molecular formula is C10H15N3O3S. The molecule has 0 bridgehead atoms. The summed E-state index contributed by atoms with van der Waals surface area (Å²) in [5.41, 5.74) is 0. The van der Waals surface area contributed by atoms with E-state index in [2.05, 4.69) is 4.98 Å². The summed E-state index contributed by atoms with van der Waals surface area (Å²) >= 11 is 0. The van der Waals surface area contributed by atoms with Crippen molar-refractivity contribution in [3.63, 3.8) is 0 Å². The van der Waals surface area contributed by atoms with Crippen LogP contribution >= 0.6 is 0 Å². The molecule has 7 heteroatoms. The maximum atomic E-state index is 11.7. The van der Waals surface area contributed by atoms with Gasteiger partial charge in [0.25, 0.3) is 10.2 Å². The van der Waals surface area contributed by atoms with Crippen LogP contribution in [0.4, 0.5) is 0 Å². The summed E-state index contributed by atoms with van der Waals surface area (Å²) in [6.07, 6.45) is 1.53. The van der Waals surface area contributed by atoms with Crippen molar-refractivity contribution in [1.29, 1.82) is 0 Å². The van der Waals surface area contributed by atoms with Crippen molar-refractivity contribution in [3.8, 4) is 5.88 Å². The SMILES string of the molecule is CN(C)S(=O)(=O)N1CC(Oc2ccccn2)C1. The number of nitrogens with zero attached hydrogens (tertiary/aromatic N) is 3. The van der Waals surface area contributed by atoms with Gasteiger partial charge in [-0.15, -0.1) is 0 Å². The summed E-state index contributed by atoms with van der Waals surface area (Å²) in [5, 5.41) is 0. The Balaban J connectivity index is 1.88. The van der Waals surface area contributed by atoms with Gasteiger partial charge >= 0.3 is 0 Å². The number of ether oxygens (including phenoxy) is 1. The van der Waals surface area contributed by atoms with Crippen molar-refractivity contribution in [3.05, 3.63) is 24.4 Å². The van der Waals surface area contributed by atoms with Crippen molar-refractivity contribution in [2.24, 2.45) is 0 Å². The van der Waals surface area contributed by atoms with Crippen LogP contribution in [-0.4, -0.2) is 55.3 Å². The van der Waals surface area contributed by atoms with Gasteiger partial charge in [0.2, 0.25) is 5.88 Å². The first kappa shape index (κ1) is 12.3. The maximum Gasteiger partial charge on any atom is 0.281 e. The summed E-state index contributed by atoms with van der Waals surface area (Å²) in [6, 6.07) is 5.38. The molecule has 1 aromatic rings. The second-order valence-corrected chi connectivity index (χ2v) is 6.16. The van der Waals surface area contributed by atoms with Gasteiger partial charge in [-0.2, -0.15) is 17.0 Å². The monoisotopic (exact) mass is 257 g/mol. The molecule has 1 fully saturated rings. The van der Waals surface area contributed by atoms with Crippen molar-refractivity contribution in [2.45, 2.75) is 6.10 Å².